The average Bonchev–Trinajstić information content (AvgIpc) is 3.48. The summed E-state index contributed by atoms with van der Waals surface area (Å²) in [6, 6.07) is 14.6. The first kappa shape index (κ1) is 23.5. The molecule has 0 aliphatic carbocycles. The van der Waals surface area contributed by atoms with Gasteiger partial charge in [-0.1, -0.05) is 50.2 Å². The van der Waals surface area contributed by atoms with Gasteiger partial charge in [0, 0.05) is 18.7 Å². The zero-order chi connectivity index (χ0) is 24.6. The fraction of sp³-hybridized carbons (Fsp3) is 0.448. The van der Waals surface area contributed by atoms with Gasteiger partial charge in [-0.3, -0.25) is 4.79 Å². The molecule has 0 N–H and O–H groups in total. The number of carbonyl (C=O) groups is 1. The first-order valence-electron chi connectivity index (χ1n) is 12.5. The summed E-state index contributed by atoms with van der Waals surface area (Å²) in [5, 5.41) is 4.13. The van der Waals surface area contributed by atoms with Gasteiger partial charge in [0.05, 0.1) is 5.69 Å². The van der Waals surface area contributed by atoms with E-state index in [2.05, 4.69) is 50.2 Å². The largest absolute Gasteiger partial charge is 0.454 e. The van der Waals surface area contributed by atoms with Gasteiger partial charge in [-0.2, -0.15) is 0 Å². The molecule has 1 saturated heterocycles. The third kappa shape index (κ3) is 4.93. The van der Waals surface area contributed by atoms with Gasteiger partial charge in [0.1, 0.15) is 5.56 Å². The summed E-state index contributed by atoms with van der Waals surface area (Å²) >= 11 is 0. The Morgan fingerprint density at radius 3 is 2.63 bits per heavy atom. The fourth-order valence-corrected chi connectivity index (χ4v) is 5.04. The second kappa shape index (κ2) is 9.40. The van der Waals surface area contributed by atoms with Gasteiger partial charge in [-0.15, -0.1) is 0 Å². The molecule has 1 amide bonds. The van der Waals surface area contributed by atoms with Crippen LogP contribution in [0.1, 0.15) is 67.2 Å². The third-order valence-corrected chi connectivity index (χ3v) is 7.18. The number of ether oxygens (including phenoxy) is 2. The maximum atomic E-state index is 13.6. The van der Waals surface area contributed by atoms with Crippen LogP contribution in [0.2, 0.25) is 0 Å². The van der Waals surface area contributed by atoms with Crippen LogP contribution in [0.5, 0.6) is 11.5 Å². The van der Waals surface area contributed by atoms with Crippen molar-refractivity contribution >= 4 is 5.91 Å². The van der Waals surface area contributed by atoms with Crippen molar-refractivity contribution in [1.82, 2.24) is 10.1 Å². The Labute approximate surface area is 207 Å². The quantitative estimate of drug-likeness (QED) is 0.443. The topological polar surface area (TPSA) is 64.8 Å². The first-order valence-corrected chi connectivity index (χ1v) is 12.5. The van der Waals surface area contributed by atoms with E-state index in [4.69, 9.17) is 14.0 Å². The van der Waals surface area contributed by atoms with Crippen molar-refractivity contribution in [2.45, 2.75) is 58.8 Å². The van der Waals surface area contributed by atoms with Crippen LogP contribution in [0.15, 0.2) is 47.0 Å². The number of hydrogen-bond donors (Lipinski definition) is 0. The highest BCUT2D eigenvalue weighted by atomic mass is 16.7. The molecule has 3 heterocycles. The number of aromatic nitrogens is 1. The maximum absolute atomic E-state index is 13.6. The molecule has 0 spiro atoms. The highest BCUT2D eigenvalue weighted by Crippen LogP contribution is 2.38. The minimum atomic E-state index is -0.00403. The van der Waals surface area contributed by atoms with Crippen molar-refractivity contribution in [3.05, 3.63) is 64.8 Å². The number of piperidine rings is 1. The van der Waals surface area contributed by atoms with Crippen LogP contribution in [0.3, 0.4) is 0 Å². The van der Waals surface area contributed by atoms with E-state index in [-0.39, 0.29) is 18.1 Å². The van der Waals surface area contributed by atoms with Crippen molar-refractivity contribution in [3.8, 4) is 22.8 Å². The second-order valence-electron chi connectivity index (χ2n) is 10.8. The van der Waals surface area contributed by atoms with Gasteiger partial charge in [0.25, 0.3) is 5.91 Å². The highest BCUT2D eigenvalue weighted by Gasteiger charge is 2.30. The standard InChI is InChI=1S/C29H34N2O4/c1-19-26(27(35-30-19)22-11-14-24-25(16-22)34-18-33-24)28(32)31-15-5-6-21(17-31)8-7-20-9-12-23(13-10-20)29(2,3)4/h9-14,16,21H,5-8,15,17-18H2,1-4H3. The van der Waals surface area contributed by atoms with E-state index >= 15 is 0 Å². The molecule has 2 aromatic carbocycles. The molecule has 1 fully saturated rings. The van der Waals surface area contributed by atoms with Crippen molar-refractivity contribution in [2.75, 3.05) is 19.9 Å². The van der Waals surface area contributed by atoms with Gasteiger partial charge < -0.3 is 18.9 Å². The molecule has 5 rings (SSSR count). The predicted molar refractivity (Wildman–Crippen MR) is 135 cm³/mol. The Hall–Kier alpha value is -3.28. The molecular weight excluding hydrogens is 440 g/mol. The normalized spacial score (nSPS) is 17.6. The van der Waals surface area contributed by atoms with E-state index in [1.165, 1.54) is 11.1 Å². The summed E-state index contributed by atoms with van der Waals surface area (Å²) in [6.07, 6.45) is 4.28. The first-order chi connectivity index (χ1) is 16.8. The summed E-state index contributed by atoms with van der Waals surface area (Å²) < 4.78 is 16.5. The predicted octanol–water partition coefficient (Wildman–Crippen LogP) is 6.16. The smallest absolute Gasteiger partial charge is 0.259 e. The summed E-state index contributed by atoms with van der Waals surface area (Å²) in [5.41, 5.74) is 4.82. The van der Waals surface area contributed by atoms with Crippen LogP contribution in [0.4, 0.5) is 0 Å². The molecule has 2 aliphatic heterocycles. The van der Waals surface area contributed by atoms with Crippen LogP contribution in [0.25, 0.3) is 11.3 Å². The van der Waals surface area contributed by atoms with E-state index in [1.54, 1.807) is 0 Å². The molecule has 0 radical (unpaired) electrons. The monoisotopic (exact) mass is 474 g/mol. The number of likely N-dealkylation sites (tertiary alicyclic amines) is 1. The molecular formula is C29H34N2O4. The SMILES string of the molecule is Cc1noc(-c2ccc3c(c2)OCO3)c1C(=O)N1CCCC(CCc2ccc(C(C)(C)C)cc2)C1. The zero-order valence-electron chi connectivity index (χ0n) is 21.1. The van der Waals surface area contributed by atoms with E-state index in [1.807, 2.05) is 30.0 Å². The van der Waals surface area contributed by atoms with Crippen LogP contribution >= 0.6 is 0 Å². The van der Waals surface area contributed by atoms with Gasteiger partial charge in [0.15, 0.2) is 17.3 Å². The summed E-state index contributed by atoms with van der Waals surface area (Å²) in [6.45, 7) is 10.3. The lowest BCUT2D eigenvalue weighted by Gasteiger charge is -2.33. The summed E-state index contributed by atoms with van der Waals surface area (Å²) in [5.74, 6) is 2.33. The van der Waals surface area contributed by atoms with Crippen LogP contribution in [-0.2, 0) is 11.8 Å². The molecule has 6 nitrogen and oxygen atoms in total. The van der Waals surface area contributed by atoms with Crippen molar-refractivity contribution < 1.29 is 18.8 Å². The average molecular weight is 475 g/mol. The lowest BCUT2D eigenvalue weighted by atomic mass is 9.86. The van der Waals surface area contributed by atoms with Crippen LogP contribution < -0.4 is 9.47 Å². The third-order valence-electron chi connectivity index (χ3n) is 7.18. The summed E-state index contributed by atoms with van der Waals surface area (Å²) in [4.78, 5) is 15.6. The molecule has 1 aromatic heterocycles. The zero-order valence-corrected chi connectivity index (χ0v) is 21.1. The van der Waals surface area contributed by atoms with E-state index in [9.17, 15) is 4.79 Å². The van der Waals surface area contributed by atoms with E-state index in [0.717, 1.165) is 44.3 Å². The molecule has 0 bridgehead atoms. The molecule has 3 aromatic rings. The molecule has 1 unspecified atom stereocenters. The number of aryl methyl sites for hydroxylation is 2. The molecule has 6 heteroatoms. The number of carbonyl (C=O) groups excluding carboxylic acids is 1. The van der Waals surface area contributed by atoms with E-state index < -0.39 is 0 Å². The van der Waals surface area contributed by atoms with Gasteiger partial charge in [0.2, 0.25) is 6.79 Å². The number of benzene rings is 2. The van der Waals surface area contributed by atoms with Crippen molar-refractivity contribution in [2.24, 2.45) is 5.92 Å². The van der Waals surface area contributed by atoms with Gasteiger partial charge in [-0.25, -0.2) is 0 Å². The fourth-order valence-electron chi connectivity index (χ4n) is 5.04. The molecule has 2 aliphatic rings. The molecule has 35 heavy (non-hydrogen) atoms. The van der Waals surface area contributed by atoms with Crippen LogP contribution in [0, 0.1) is 12.8 Å². The van der Waals surface area contributed by atoms with E-state index in [0.29, 0.717) is 34.4 Å². The van der Waals surface area contributed by atoms with Crippen LogP contribution in [-0.4, -0.2) is 35.8 Å². The minimum absolute atomic E-state index is 0.00403. The summed E-state index contributed by atoms with van der Waals surface area (Å²) in [7, 11) is 0. The maximum Gasteiger partial charge on any atom is 0.259 e. The van der Waals surface area contributed by atoms with Crippen molar-refractivity contribution in [1.29, 1.82) is 0 Å². The molecule has 1 atom stereocenters. The lowest BCUT2D eigenvalue weighted by Crippen LogP contribution is -2.40. The Balaban J connectivity index is 1.26. The number of hydrogen-bond acceptors (Lipinski definition) is 5. The highest BCUT2D eigenvalue weighted by molar-refractivity contribution is 6.00. The number of amides is 1. The minimum Gasteiger partial charge on any atom is -0.454 e. The number of nitrogens with zero attached hydrogens (tertiary/aromatic N) is 2. The van der Waals surface area contributed by atoms with Gasteiger partial charge >= 0.3 is 0 Å². The number of fused-ring (bicyclic) bond motifs is 1. The molecule has 0 saturated carbocycles. The Morgan fingerprint density at radius 2 is 1.86 bits per heavy atom. The number of rotatable bonds is 5. The lowest BCUT2D eigenvalue weighted by molar-refractivity contribution is 0.0668. The molecule has 184 valence electrons. The second-order valence-corrected chi connectivity index (χ2v) is 10.8. The Bertz CT molecular complexity index is 1210. The Kier molecular flexibility index (Phi) is 6.30. The van der Waals surface area contributed by atoms with Gasteiger partial charge in [-0.05, 0) is 73.3 Å². The van der Waals surface area contributed by atoms with Crippen molar-refractivity contribution in [3.63, 3.8) is 0 Å². The Morgan fingerprint density at radius 1 is 1.09 bits per heavy atom.